The quantitative estimate of drug-likeness (QED) is 0.709. The first-order chi connectivity index (χ1) is 13.7. The van der Waals surface area contributed by atoms with Crippen LogP contribution in [0, 0.1) is 11.8 Å². The maximum atomic E-state index is 13.4. The van der Waals surface area contributed by atoms with Gasteiger partial charge < -0.3 is 9.64 Å². The minimum absolute atomic E-state index is 0.158. The number of nitrogens with zero attached hydrogens (tertiary/aromatic N) is 2. The van der Waals surface area contributed by atoms with E-state index < -0.39 is 0 Å². The summed E-state index contributed by atoms with van der Waals surface area (Å²) in [5.74, 6) is 1.66. The molecule has 1 amide bonds. The summed E-state index contributed by atoms with van der Waals surface area (Å²) in [4.78, 5) is 18.2. The number of morpholine rings is 1. The van der Waals surface area contributed by atoms with Crippen molar-refractivity contribution in [3.63, 3.8) is 0 Å². The standard InChI is InChI=1S/C23H39N3O2/c1-17-7-5-10-21(18(17)2)26-22(19-8-3-4-9-20(19)23(26)27)24-11-6-12-25-13-15-28-16-14-25/h17-18,21-22,24H,3-16H2,1-2H3/t17-,18-,21+,22+/m1/s1. The minimum Gasteiger partial charge on any atom is -0.379 e. The Kier molecular flexibility index (Phi) is 6.74. The lowest BCUT2D eigenvalue weighted by molar-refractivity contribution is -0.132. The largest absolute Gasteiger partial charge is 0.379 e. The van der Waals surface area contributed by atoms with Gasteiger partial charge in [0, 0.05) is 24.7 Å². The molecule has 5 nitrogen and oxygen atoms in total. The molecule has 2 aliphatic carbocycles. The van der Waals surface area contributed by atoms with Crippen molar-refractivity contribution in [1.82, 2.24) is 15.1 Å². The van der Waals surface area contributed by atoms with Crippen LogP contribution in [0.15, 0.2) is 11.1 Å². The van der Waals surface area contributed by atoms with E-state index in [9.17, 15) is 4.79 Å². The molecule has 5 heteroatoms. The molecule has 0 aromatic rings. The lowest BCUT2D eigenvalue weighted by atomic mass is 9.77. The van der Waals surface area contributed by atoms with Crippen LogP contribution in [0.3, 0.4) is 0 Å². The zero-order valence-corrected chi connectivity index (χ0v) is 17.9. The summed E-state index contributed by atoms with van der Waals surface area (Å²) in [5.41, 5.74) is 2.58. The molecule has 2 heterocycles. The van der Waals surface area contributed by atoms with Crippen LogP contribution in [-0.2, 0) is 9.53 Å². The zero-order valence-electron chi connectivity index (χ0n) is 17.9. The van der Waals surface area contributed by atoms with Gasteiger partial charge in [0.25, 0.3) is 5.91 Å². The van der Waals surface area contributed by atoms with E-state index in [1.807, 2.05) is 0 Å². The van der Waals surface area contributed by atoms with Crippen LogP contribution in [0.2, 0.25) is 0 Å². The number of ether oxygens (including phenoxy) is 1. The average Bonchev–Trinajstić information content (AvgIpc) is 3.00. The molecule has 4 rings (SSSR count). The Balaban J connectivity index is 1.41. The van der Waals surface area contributed by atoms with Crippen molar-refractivity contribution < 1.29 is 9.53 Å². The molecule has 0 aromatic carbocycles. The third-order valence-corrected chi connectivity index (χ3v) is 7.73. The molecule has 4 aliphatic rings. The number of nitrogens with one attached hydrogen (secondary N) is 1. The van der Waals surface area contributed by atoms with E-state index in [-0.39, 0.29) is 6.17 Å². The highest BCUT2D eigenvalue weighted by Gasteiger charge is 2.45. The van der Waals surface area contributed by atoms with Crippen LogP contribution in [0.4, 0.5) is 0 Å². The Bertz CT molecular complexity index is 584. The fourth-order valence-electron chi connectivity index (χ4n) is 5.79. The van der Waals surface area contributed by atoms with Gasteiger partial charge in [0.05, 0.1) is 13.2 Å². The summed E-state index contributed by atoms with van der Waals surface area (Å²) in [6, 6.07) is 0.401. The number of hydrogen-bond acceptors (Lipinski definition) is 4. The van der Waals surface area contributed by atoms with Gasteiger partial charge in [-0.25, -0.2) is 0 Å². The first-order valence-electron chi connectivity index (χ1n) is 11.7. The Morgan fingerprint density at radius 2 is 1.86 bits per heavy atom. The Morgan fingerprint density at radius 1 is 1.07 bits per heavy atom. The van der Waals surface area contributed by atoms with E-state index in [4.69, 9.17) is 4.74 Å². The van der Waals surface area contributed by atoms with Crippen LogP contribution in [0.25, 0.3) is 0 Å². The maximum Gasteiger partial charge on any atom is 0.251 e. The van der Waals surface area contributed by atoms with E-state index in [1.165, 1.54) is 37.7 Å². The van der Waals surface area contributed by atoms with Gasteiger partial charge in [-0.2, -0.15) is 0 Å². The molecule has 1 saturated heterocycles. The Morgan fingerprint density at radius 3 is 2.68 bits per heavy atom. The summed E-state index contributed by atoms with van der Waals surface area (Å²) in [7, 11) is 0. The van der Waals surface area contributed by atoms with E-state index in [0.717, 1.165) is 64.2 Å². The molecule has 1 saturated carbocycles. The first-order valence-corrected chi connectivity index (χ1v) is 11.7. The Hall–Kier alpha value is -0.910. The molecule has 0 radical (unpaired) electrons. The smallest absolute Gasteiger partial charge is 0.251 e. The van der Waals surface area contributed by atoms with Crippen LogP contribution in [0.5, 0.6) is 0 Å². The van der Waals surface area contributed by atoms with Gasteiger partial charge in [0.2, 0.25) is 0 Å². The molecule has 2 fully saturated rings. The molecule has 0 aromatic heterocycles. The van der Waals surface area contributed by atoms with Crippen molar-refractivity contribution in [2.45, 2.75) is 77.4 Å². The van der Waals surface area contributed by atoms with Gasteiger partial charge in [-0.15, -0.1) is 0 Å². The third kappa shape index (κ3) is 4.17. The van der Waals surface area contributed by atoms with Gasteiger partial charge in [0.15, 0.2) is 0 Å². The van der Waals surface area contributed by atoms with Crippen molar-refractivity contribution in [3.8, 4) is 0 Å². The van der Waals surface area contributed by atoms with E-state index in [2.05, 4.69) is 29.0 Å². The Labute approximate surface area is 170 Å². The van der Waals surface area contributed by atoms with E-state index >= 15 is 0 Å². The highest BCUT2D eigenvalue weighted by atomic mass is 16.5. The lowest BCUT2D eigenvalue weighted by Crippen LogP contribution is -2.54. The highest BCUT2D eigenvalue weighted by molar-refractivity contribution is 5.98. The second kappa shape index (κ2) is 9.27. The van der Waals surface area contributed by atoms with Crippen molar-refractivity contribution in [2.24, 2.45) is 11.8 Å². The predicted molar refractivity (Wildman–Crippen MR) is 112 cm³/mol. The number of rotatable bonds is 6. The number of carbonyl (C=O) groups is 1. The summed E-state index contributed by atoms with van der Waals surface area (Å²) < 4.78 is 5.45. The first kappa shape index (κ1) is 20.4. The fourth-order valence-corrected chi connectivity index (χ4v) is 5.79. The van der Waals surface area contributed by atoms with Crippen molar-refractivity contribution in [1.29, 1.82) is 0 Å². The second-order valence-electron chi connectivity index (χ2n) is 9.42. The summed E-state index contributed by atoms with van der Waals surface area (Å²) in [6.07, 6.45) is 9.55. The third-order valence-electron chi connectivity index (χ3n) is 7.73. The fraction of sp³-hybridized carbons (Fsp3) is 0.870. The van der Waals surface area contributed by atoms with Gasteiger partial charge in [-0.05, 0) is 69.0 Å². The molecule has 0 bridgehead atoms. The van der Waals surface area contributed by atoms with E-state index in [0.29, 0.717) is 23.8 Å². The van der Waals surface area contributed by atoms with Gasteiger partial charge in [-0.3, -0.25) is 15.0 Å². The monoisotopic (exact) mass is 389 g/mol. The predicted octanol–water partition coefficient (Wildman–Crippen LogP) is 3.16. The summed E-state index contributed by atoms with van der Waals surface area (Å²) >= 11 is 0. The van der Waals surface area contributed by atoms with E-state index in [1.54, 1.807) is 0 Å². The van der Waals surface area contributed by atoms with Gasteiger partial charge in [0.1, 0.15) is 6.17 Å². The topological polar surface area (TPSA) is 44.8 Å². The molecule has 0 spiro atoms. The van der Waals surface area contributed by atoms with Crippen LogP contribution in [-0.4, -0.2) is 67.3 Å². The second-order valence-corrected chi connectivity index (χ2v) is 9.42. The molecular formula is C23H39N3O2. The van der Waals surface area contributed by atoms with Crippen LogP contribution >= 0.6 is 0 Å². The highest BCUT2D eigenvalue weighted by Crippen LogP contribution is 2.41. The molecule has 0 unspecified atom stereocenters. The zero-order chi connectivity index (χ0) is 19.5. The maximum absolute atomic E-state index is 13.4. The lowest BCUT2D eigenvalue weighted by Gasteiger charge is -2.43. The summed E-state index contributed by atoms with van der Waals surface area (Å²) in [6.45, 7) is 10.7. The minimum atomic E-state index is 0.158. The van der Waals surface area contributed by atoms with Crippen molar-refractivity contribution >= 4 is 5.91 Å². The molecule has 4 atom stereocenters. The number of amides is 1. The summed E-state index contributed by atoms with van der Waals surface area (Å²) in [5, 5.41) is 3.82. The average molecular weight is 390 g/mol. The molecule has 2 aliphatic heterocycles. The molecular weight excluding hydrogens is 350 g/mol. The number of hydrogen-bond donors (Lipinski definition) is 1. The van der Waals surface area contributed by atoms with Crippen LogP contribution in [0.1, 0.15) is 65.2 Å². The molecule has 1 N–H and O–H groups in total. The normalized spacial score (nSPS) is 34.8. The van der Waals surface area contributed by atoms with Crippen molar-refractivity contribution in [3.05, 3.63) is 11.1 Å². The number of carbonyl (C=O) groups excluding carboxylic acids is 1. The SMILES string of the molecule is C[C@@H]1[C@H](C)CCC[C@@H]1N1C(=O)C2=C(CCCC2)[C@H]1NCCCN1CCOCC1. The van der Waals surface area contributed by atoms with Gasteiger partial charge in [-0.1, -0.05) is 26.7 Å². The van der Waals surface area contributed by atoms with Crippen molar-refractivity contribution in [2.75, 3.05) is 39.4 Å². The van der Waals surface area contributed by atoms with Gasteiger partial charge >= 0.3 is 0 Å². The molecule has 28 heavy (non-hydrogen) atoms. The molecule has 158 valence electrons. The van der Waals surface area contributed by atoms with Crippen LogP contribution < -0.4 is 5.32 Å².